The average molecular weight is 2010 g/mol. The van der Waals surface area contributed by atoms with E-state index in [0.29, 0.717) is 32.9 Å². The fourth-order valence-electron chi connectivity index (χ4n) is 15.5. The van der Waals surface area contributed by atoms with Crippen LogP contribution in [0.3, 0.4) is 0 Å². The Kier molecular flexibility index (Phi) is 42.7. The van der Waals surface area contributed by atoms with Crippen LogP contribution in [-0.2, 0) is 120 Å². The van der Waals surface area contributed by atoms with Crippen molar-refractivity contribution in [2.75, 3.05) is 50.8 Å². The van der Waals surface area contributed by atoms with Crippen LogP contribution in [0.4, 0.5) is 0 Å². The molecule has 764 valence electrons. The Morgan fingerprint density at radius 1 is 0.482 bits per heavy atom. The molecule has 3 aromatic carbocycles. The summed E-state index contributed by atoms with van der Waals surface area (Å²) in [6.07, 6.45) is -3.26. The number of aromatic nitrogens is 2. The second-order valence-corrected chi connectivity index (χ2v) is 36.9. The minimum atomic E-state index is -2.32. The van der Waals surface area contributed by atoms with Gasteiger partial charge in [0.25, 0.3) is 0 Å². The van der Waals surface area contributed by atoms with E-state index in [9.17, 15) is 102 Å². The Hall–Kier alpha value is -15.2. The number of H-pyrrole nitrogens is 2. The number of benzene rings is 3. The molecule has 0 saturated carbocycles. The molecule has 5 heterocycles. The summed E-state index contributed by atoms with van der Waals surface area (Å²) in [5, 5.41) is 92.0. The molecule has 53 heteroatoms. The highest BCUT2D eigenvalue weighted by atomic mass is 33.1. The molecular formula is C88H121N27O24S2. The number of aliphatic hydroxyl groups is 1. The van der Waals surface area contributed by atoms with Gasteiger partial charge < -0.3 is 149 Å². The number of aliphatic carboxylic acids is 2. The van der Waals surface area contributed by atoms with E-state index in [1.807, 2.05) is 0 Å². The van der Waals surface area contributed by atoms with E-state index in [4.69, 9.17) is 33.8 Å². The summed E-state index contributed by atoms with van der Waals surface area (Å²) in [6.45, 7) is 3.05. The van der Waals surface area contributed by atoms with Crippen LogP contribution >= 0.6 is 21.6 Å². The van der Waals surface area contributed by atoms with E-state index in [2.05, 4.69) is 106 Å². The van der Waals surface area contributed by atoms with Gasteiger partial charge in [-0.15, -0.1) is 0 Å². The van der Waals surface area contributed by atoms with E-state index in [0.717, 1.165) is 26.5 Å². The molecule has 33 N–H and O–H groups in total. The van der Waals surface area contributed by atoms with Gasteiger partial charge in [0.05, 0.1) is 39.0 Å². The van der Waals surface area contributed by atoms with E-state index >= 15 is 14.4 Å². The number of aliphatic hydroxyl groups excluding tert-OH is 1. The van der Waals surface area contributed by atoms with Crippen molar-refractivity contribution in [3.05, 3.63) is 108 Å². The van der Waals surface area contributed by atoms with Gasteiger partial charge in [0.1, 0.15) is 90.6 Å². The standard InChI is InChI=1S/C88H121N27O24S2/c1-42(2)70-83(135)104-51(21-12-26-95-87(91)92)74(126)113-71(43(3)4)84(136)112-62(86(138)139)41-141-140-40-61(81(133)114-70)111-80(132)60(39-116)110-76(128)56(31-46-36-98-50-20-11-9-18-48(46)50)106-79(131)59(34-69(122)123)108-77(129)57(32-64(89)117)107-73(125)52-24-25-66(119)99-37-67(120)101-53(22-13-27-96-88(93)94)85(137)115-28-14-23-63(115)82(134)109-58(33-65(90)118)78(130)105-55(30-45-35-97-49-19-10-8-17-47(45)49)72(124)100-38-68(121)102-54(75(127)103-52)29-44-15-6-5-7-16-44/h5-11,15-20,35-36,42-43,51-63,70-71,97-98,116H,12-14,21-34,37-41H2,1-4H3,(H2,89,117)(H2,90,118)(H,99,119)(H,100,124)(H,101,120)(H,102,121)(H,103,127)(H,104,135)(H,105,130)(H,106,131)(H,107,125)(H,108,129)(H,109,134)(H,110,128)(H,111,132)(H,112,136)(H,113,126)(H,114,133)(H,122,123)(H,138,139)(H4,91,92,95)(H4,93,94,96). The van der Waals surface area contributed by atoms with Gasteiger partial charge in [-0.05, 0) is 85.6 Å². The SMILES string of the molecule is CC(C)C1NC(=O)C(CCCNC(=N)N)NC(=O)C(C(C)C)NC(=O)C(NC(=O)C(CO)NC(=O)C(Cc2c[nH]c3ccccc23)NC(=O)C(CC(=O)O)NC(=O)C(CC(N)=O)NC(=O)C2CCC(=O)NCC(=O)NC(CCCNC(=N)N)C(=O)N3CCCC3C(=O)NC(CC(N)=O)C(=O)NC(Cc3c[nH]c4ccccc34)C(=O)NCC(=O)NC(Cc3ccccc3)C(=O)N2)CSSCC(C(=O)O)NC1=O. The lowest BCUT2D eigenvalue weighted by Gasteiger charge is -2.30. The predicted octanol–water partition coefficient (Wildman–Crippen LogP) is -7.98. The number of carbonyl (C=O) groups excluding carboxylic acids is 19. The number of primary amides is 2. The predicted molar refractivity (Wildman–Crippen MR) is 509 cm³/mol. The Morgan fingerprint density at radius 3 is 1.58 bits per heavy atom. The first-order chi connectivity index (χ1) is 67.0. The normalized spacial score (nSPS) is 22.1. The first kappa shape index (κ1) is 111. The zero-order valence-corrected chi connectivity index (χ0v) is 79.2. The number of carbonyl (C=O) groups is 21. The molecule has 2 aromatic heterocycles. The highest BCUT2D eigenvalue weighted by Crippen LogP contribution is 2.27. The number of carboxylic acid groups (broad SMARTS) is 2. The first-order valence-corrected chi connectivity index (χ1v) is 47.7. The summed E-state index contributed by atoms with van der Waals surface area (Å²) in [5.74, 6) is -28.0. The second kappa shape index (κ2) is 54.2. The zero-order valence-electron chi connectivity index (χ0n) is 77.5. The van der Waals surface area contributed by atoms with Gasteiger partial charge in [0.15, 0.2) is 11.9 Å². The van der Waals surface area contributed by atoms with E-state index < -0.39 is 309 Å². The molecule has 8 rings (SSSR count). The van der Waals surface area contributed by atoms with Crippen molar-refractivity contribution >= 4 is 179 Å². The van der Waals surface area contributed by atoms with Crippen LogP contribution < -0.4 is 119 Å². The summed E-state index contributed by atoms with van der Waals surface area (Å²) < 4.78 is 0. The van der Waals surface area contributed by atoms with Gasteiger partial charge in [-0.25, -0.2) is 4.79 Å². The molecule has 0 spiro atoms. The Labute approximate surface area is 814 Å². The second-order valence-electron chi connectivity index (χ2n) is 34.3. The molecule has 3 fully saturated rings. The number of aromatic amines is 2. The molecule has 141 heavy (non-hydrogen) atoms. The fraction of sp³-hybridized carbons (Fsp3) is 0.489. The van der Waals surface area contributed by atoms with Crippen LogP contribution in [0.5, 0.6) is 0 Å². The summed E-state index contributed by atoms with van der Waals surface area (Å²) in [7, 11) is 1.62. The number of hydrogen-bond donors (Lipinski definition) is 29. The van der Waals surface area contributed by atoms with E-state index in [-0.39, 0.29) is 75.9 Å². The van der Waals surface area contributed by atoms with Crippen molar-refractivity contribution < 1.29 is 116 Å². The number of carboxylic acids is 2. The monoisotopic (exact) mass is 2000 g/mol. The van der Waals surface area contributed by atoms with Crippen molar-refractivity contribution in [1.82, 2.24) is 111 Å². The van der Waals surface area contributed by atoms with Gasteiger partial charge in [0.2, 0.25) is 112 Å². The molecule has 15 atom stereocenters. The summed E-state index contributed by atoms with van der Waals surface area (Å²) in [5.41, 5.74) is 24.5. The van der Waals surface area contributed by atoms with Gasteiger partial charge in [-0.3, -0.25) is 107 Å². The van der Waals surface area contributed by atoms with Crippen LogP contribution in [0.2, 0.25) is 0 Å². The van der Waals surface area contributed by atoms with Crippen molar-refractivity contribution in [1.29, 1.82) is 10.8 Å². The number of para-hydroxylation sites is 2. The number of nitrogens with one attached hydrogen (secondary N) is 22. The number of rotatable bonds is 34. The van der Waals surface area contributed by atoms with Crippen LogP contribution in [0.1, 0.15) is 115 Å². The number of fused-ring (bicyclic) bond motifs is 3. The van der Waals surface area contributed by atoms with Gasteiger partial charge in [-0.1, -0.05) is 116 Å². The lowest BCUT2D eigenvalue weighted by atomic mass is 10.00. The van der Waals surface area contributed by atoms with Crippen LogP contribution in [0.15, 0.2) is 91.3 Å². The molecule has 0 radical (unpaired) electrons. The highest BCUT2D eigenvalue weighted by Gasteiger charge is 2.43. The molecule has 0 bridgehead atoms. The maximum Gasteiger partial charge on any atom is 0.327 e. The number of nitrogens with zero attached hydrogens (tertiary/aromatic N) is 1. The van der Waals surface area contributed by atoms with Crippen molar-refractivity contribution in [3.63, 3.8) is 0 Å². The number of guanidine groups is 2. The smallest absolute Gasteiger partial charge is 0.327 e. The maximum atomic E-state index is 15.1. The molecule has 15 unspecified atom stereocenters. The third-order valence-corrected chi connectivity index (χ3v) is 25.3. The molecule has 3 aliphatic heterocycles. The van der Waals surface area contributed by atoms with Gasteiger partial charge in [-0.2, -0.15) is 0 Å². The van der Waals surface area contributed by atoms with Crippen LogP contribution in [0, 0.1) is 22.7 Å². The van der Waals surface area contributed by atoms with Crippen LogP contribution in [0.25, 0.3) is 21.8 Å². The molecule has 51 nitrogen and oxygen atoms in total. The first-order valence-electron chi connectivity index (χ1n) is 45.2. The Morgan fingerprint density at radius 2 is 0.986 bits per heavy atom. The molecular weight excluding hydrogens is 1880 g/mol. The summed E-state index contributed by atoms with van der Waals surface area (Å²) >= 11 is 0. The molecule has 19 amide bonds. The van der Waals surface area contributed by atoms with Crippen molar-refractivity contribution in [3.8, 4) is 0 Å². The average Bonchev–Trinajstić information content (AvgIpc) is 1.69. The molecule has 3 aliphatic rings. The highest BCUT2D eigenvalue weighted by molar-refractivity contribution is 8.76. The minimum absolute atomic E-state index is 0.00530. The maximum absolute atomic E-state index is 15.1. The zero-order chi connectivity index (χ0) is 103. The lowest BCUT2D eigenvalue weighted by molar-refractivity contribution is -0.142. The molecule has 5 aromatic rings. The minimum Gasteiger partial charge on any atom is -0.481 e. The number of amides is 19. The summed E-state index contributed by atoms with van der Waals surface area (Å²) in [4.78, 5) is 306. The quantitative estimate of drug-likeness (QED) is 0.00787. The van der Waals surface area contributed by atoms with Gasteiger partial charge in [0, 0.05) is 91.0 Å². The Bertz CT molecular complexity index is 5430. The Balaban J connectivity index is 1.08. The van der Waals surface area contributed by atoms with E-state index in [1.165, 1.54) is 20.0 Å². The molecule has 3 saturated heterocycles. The summed E-state index contributed by atoms with van der Waals surface area (Å²) in [6, 6.07) is -5.10. The fourth-order valence-corrected chi connectivity index (χ4v) is 17.8. The van der Waals surface area contributed by atoms with Crippen molar-refractivity contribution in [2.45, 2.75) is 208 Å². The third-order valence-electron chi connectivity index (χ3n) is 22.8. The number of hydrogen-bond acceptors (Lipinski definition) is 26. The third kappa shape index (κ3) is 34.7. The van der Waals surface area contributed by atoms with Crippen LogP contribution in [-0.4, -0.2) is 308 Å². The van der Waals surface area contributed by atoms with Gasteiger partial charge >= 0.3 is 11.9 Å². The van der Waals surface area contributed by atoms with E-state index in [1.54, 1.807) is 98.9 Å². The largest absolute Gasteiger partial charge is 0.481 e. The van der Waals surface area contributed by atoms with Crippen molar-refractivity contribution in [2.24, 2.45) is 34.8 Å². The lowest BCUT2D eigenvalue weighted by Crippen LogP contribution is -2.62. The molecule has 0 aliphatic carbocycles. The number of nitrogens with two attached hydrogens (primary N) is 4. The topological polar surface area (TPSA) is 822 Å².